The highest BCUT2D eigenvalue weighted by Gasteiger charge is 2.37. The quantitative estimate of drug-likeness (QED) is 0.142. The zero-order valence-corrected chi connectivity index (χ0v) is 15.0. The molecular formula is C16H32N2O7. The molecule has 4 atom stereocenters. The van der Waals surface area contributed by atoms with Gasteiger partial charge in [-0.3, -0.25) is 4.79 Å². The minimum Gasteiger partial charge on any atom is -0.467 e. The number of esters is 1. The van der Waals surface area contributed by atoms with E-state index in [1.54, 1.807) is 0 Å². The zero-order chi connectivity index (χ0) is 19.2. The van der Waals surface area contributed by atoms with Crippen molar-refractivity contribution in [1.29, 1.82) is 0 Å². The fourth-order valence-electron chi connectivity index (χ4n) is 2.09. The van der Waals surface area contributed by atoms with Crippen molar-refractivity contribution in [3.63, 3.8) is 0 Å². The number of hydrogen-bond acceptors (Lipinski definition) is 9. The molecule has 9 heteroatoms. The van der Waals surface area contributed by atoms with E-state index in [-0.39, 0.29) is 6.42 Å². The third-order valence-electron chi connectivity index (χ3n) is 3.73. The van der Waals surface area contributed by atoms with E-state index >= 15 is 0 Å². The zero-order valence-electron chi connectivity index (χ0n) is 15.0. The molecule has 0 aliphatic rings. The lowest BCUT2D eigenvalue weighted by atomic mass is 9.98. The number of ketones is 1. The largest absolute Gasteiger partial charge is 0.467 e. The minimum absolute atomic E-state index is 0.00444. The molecule has 0 aromatic heterocycles. The van der Waals surface area contributed by atoms with Gasteiger partial charge in [0.25, 0.3) is 0 Å². The number of carbonyl (C=O) groups is 2. The molecule has 0 saturated heterocycles. The smallest absolute Gasteiger partial charge is 0.337 e. The highest BCUT2D eigenvalue weighted by Crippen LogP contribution is 2.09. The second-order valence-corrected chi connectivity index (χ2v) is 5.82. The molecule has 9 nitrogen and oxygen atoms in total. The molecule has 0 amide bonds. The number of unbranched alkanes of at least 4 members (excludes halogenated alkanes) is 1. The predicted molar refractivity (Wildman–Crippen MR) is 90.9 cm³/mol. The molecule has 0 radical (unpaired) electrons. The van der Waals surface area contributed by atoms with Gasteiger partial charge in [-0.2, -0.15) is 0 Å². The number of ether oxygens (including phenoxy) is 1. The van der Waals surface area contributed by atoms with Gasteiger partial charge in [0.05, 0.1) is 7.11 Å². The van der Waals surface area contributed by atoms with Crippen molar-refractivity contribution in [2.45, 2.75) is 57.0 Å². The summed E-state index contributed by atoms with van der Waals surface area (Å²) in [6.45, 7) is 5.25. The standard InChI is InChI=1S/C16H32N2O7/c1-3-4-7-17-9-10-18-8-5-6-11(19)12(20)13(21)14(22)15(23)16(24)25-2/h12-15,17-18,20-23H,3-10H2,1-2H3/t12-,13+,14-,15-/m0/s1. The topological polar surface area (TPSA) is 148 Å². The van der Waals surface area contributed by atoms with Crippen LogP contribution in [0, 0.1) is 0 Å². The van der Waals surface area contributed by atoms with Crippen LogP contribution < -0.4 is 10.6 Å². The first kappa shape index (κ1) is 23.9. The van der Waals surface area contributed by atoms with Gasteiger partial charge in [0.2, 0.25) is 0 Å². The van der Waals surface area contributed by atoms with Crippen LogP contribution in [0.5, 0.6) is 0 Å². The van der Waals surface area contributed by atoms with Crippen LogP contribution >= 0.6 is 0 Å². The summed E-state index contributed by atoms with van der Waals surface area (Å²) < 4.78 is 4.22. The van der Waals surface area contributed by atoms with E-state index in [2.05, 4.69) is 22.3 Å². The fourth-order valence-corrected chi connectivity index (χ4v) is 2.09. The molecule has 0 unspecified atom stereocenters. The first-order chi connectivity index (χ1) is 11.9. The maximum atomic E-state index is 11.8. The Balaban J connectivity index is 3.96. The maximum Gasteiger partial charge on any atom is 0.337 e. The summed E-state index contributed by atoms with van der Waals surface area (Å²) >= 11 is 0. The Kier molecular flexibility index (Phi) is 13.5. The predicted octanol–water partition coefficient (Wildman–Crippen LogP) is -2.07. The van der Waals surface area contributed by atoms with Crippen LogP contribution in [-0.4, -0.2) is 89.9 Å². The Morgan fingerprint density at radius 1 is 0.880 bits per heavy atom. The second-order valence-electron chi connectivity index (χ2n) is 5.82. The number of methoxy groups -OCH3 is 1. The van der Waals surface area contributed by atoms with E-state index in [4.69, 9.17) is 0 Å². The van der Waals surface area contributed by atoms with Crippen LogP contribution in [0.15, 0.2) is 0 Å². The van der Waals surface area contributed by atoms with Gasteiger partial charge in [-0.25, -0.2) is 4.79 Å². The molecule has 0 saturated carbocycles. The lowest BCUT2D eigenvalue weighted by Gasteiger charge is -2.24. The highest BCUT2D eigenvalue weighted by atomic mass is 16.5. The van der Waals surface area contributed by atoms with Crippen LogP contribution in [0.4, 0.5) is 0 Å². The fraction of sp³-hybridized carbons (Fsp3) is 0.875. The number of hydrogen-bond donors (Lipinski definition) is 6. The third-order valence-corrected chi connectivity index (χ3v) is 3.73. The molecule has 0 aliphatic heterocycles. The normalized spacial score (nSPS) is 16.1. The van der Waals surface area contributed by atoms with Gasteiger partial charge in [-0.1, -0.05) is 13.3 Å². The lowest BCUT2D eigenvalue weighted by Crippen LogP contribution is -2.50. The van der Waals surface area contributed by atoms with Crippen molar-refractivity contribution in [3.8, 4) is 0 Å². The number of aliphatic hydroxyl groups is 4. The van der Waals surface area contributed by atoms with Gasteiger partial charge in [0, 0.05) is 19.5 Å². The van der Waals surface area contributed by atoms with Crippen molar-refractivity contribution >= 4 is 11.8 Å². The van der Waals surface area contributed by atoms with Crippen LogP contribution in [0.2, 0.25) is 0 Å². The molecule has 0 bridgehead atoms. The van der Waals surface area contributed by atoms with Crippen molar-refractivity contribution in [1.82, 2.24) is 10.6 Å². The molecule has 0 aromatic rings. The number of rotatable bonds is 15. The highest BCUT2D eigenvalue weighted by molar-refractivity contribution is 5.83. The Labute approximate surface area is 148 Å². The minimum atomic E-state index is -2.04. The summed E-state index contributed by atoms with van der Waals surface area (Å²) in [5, 5.41) is 44.9. The Morgan fingerprint density at radius 2 is 1.40 bits per heavy atom. The van der Waals surface area contributed by atoms with Crippen molar-refractivity contribution in [3.05, 3.63) is 0 Å². The Hall–Kier alpha value is -1.10. The molecular weight excluding hydrogens is 332 g/mol. The number of nitrogens with one attached hydrogen (secondary N) is 2. The summed E-state index contributed by atoms with van der Waals surface area (Å²) in [5.41, 5.74) is 0. The van der Waals surface area contributed by atoms with Gasteiger partial charge < -0.3 is 35.8 Å². The molecule has 6 N–H and O–H groups in total. The van der Waals surface area contributed by atoms with Crippen LogP contribution in [0.25, 0.3) is 0 Å². The third kappa shape index (κ3) is 9.83. The van der Waals surface area contributed by atoms with E-state index in [1.165, 1.54) is 0 Å². The van der Waals surface area contributed by atoms with E-state index in [1.807, 2.05) is 0 Å². The average Bonchev–Trinajstić information content (AvgIpc) is 2.63. The summed E-state index contributed by atoms with van der Waals surface area (Å²) in [4.78, 5) is 22.9. The molecule has 0 aromatic carbocycles. The van der Waals surface area contributed by atoms with Gasteiger partial charge in [-0.15, -0.1) is 0 Å². The van der Waals surface area contributed by atoms with Gasteiger partial charge in [0.1, 0.15) is 18.3 Å². The van der Waals surface area contributed by atoms with Gasteiger partial charge in [0.15, 0.2) is 11.9 Å². The van der Waals surface area contributed by atoms with Crippen LogP contribution in [-0.2, 0) is 14.3 Å². The second kappa shape index (κ2) is 14.1. The summed E-state index contributed by atoms with van der Waals surface area (Å²) in [5.74, 6) is -1.84. The van der Waals surface area contributed by atoms with Crippen molar-refractivity contribution < 1.29 is 34.8 Å². The molecule has 148 valence electrons. The SMILES string of the molecule is CCCCNCCNCCCC(=O)[C@H](O)[C@@H](O)[C@H](O)[C@H](O)C(=O)OC. The lowest BCUT2D eigenvalue weighted by molar-refractivity contribution is -0.168. The molecule has 0 aliphatic carbocycles. The molecule has 0 heterocycles. The molecule has 25 heavy (non-hydrogen) atoms. The maximum absolute atomic E-state index is 11.8. The number of Topliss-reactive ketones (excluding diaryl/α,β-unsaturated/α-hetero) is 1. The first-order valence-corrected chi connectivity index (χ1v) is 8.61. The van der Waals surface area contributed by atoms with E-state index in [0.29, 0.717) is 13.0 Å². The van der Waals surface area contributed by atoms with Gasteiger partial charge >= 0.3 is 5.97 Å². The van der Waals surface area contributed by atoms with Crippen molar-refractivity contribution in [2.24, 2.45) is 0 Å². The summed E-state index contributed by atoms with van der Waals surface area (Å²) in [7, 11) is 0.999. The first-order valence-electron chi connectivity index (χ1n) is 8.61. The van der Waals surface area contributed by atoms with E-state index in [9.17, 15) is 30.0 Å². The Bertz CT molecular complexity index is 381. The van der Waals surface area contributed by atoms with Crippen LogP contribution in [0.3, 0.4) is 0 Å². The average molecular weight is 364 g/mol. The van der Waals surface area contributed by atoms with E-state index < -0.39 is 36.2 Å². The van der Waals surface area contributed by atoms with Gasteiger partial charge in [-0.05, 0) is 25.9 Å². The summed E-state index contributed by atoms with van der Waals surface area (Å²) in [6.07, 6.45) is -5.19. The number of aliphatic hydroxyl groups excluding tert-OH is 4. The number of carbonyl (C=O) groups excluding carboxylic acids is 2. The molecule has 0 rings (SSSR count). The molecule has 0 spiro atoms. The molecule has 0 fully saturated rings. The van der Waals surface area contributed by atoms with Crippen LogP contribution in [0.1, 0.15) is 32.6 Å². The Morgan fingerprint density at radius 3 is 1.92 bits per heavy atom. The van der Waals surface area contributed by atoms with E-state index in [0.717, 1.165) is 39.6 Å². The monoisotopic (exact) mass is 364 g/mol. The van der Waals surface area contributed by atoms with Crippen molar-refractivity contribution in [2.75, 3.05) is 33.3 Å². The summed E-state index contributed by atoms with van der Waals surface area (Å²) in [6, 6.07) is 0.